The van der Waals surface area contributed by atoms with Gasteiger partial charge in [-0.1, -0.05) is 13.8 Å². The van der Waals surface area contributed by atoms with Crippen molar-refractivity contribution in [2.45, 2.75) is 38.6 Å². The number of hydrogen-bond donors (Lipinski definition) is 1. The van der Waals surface area contributed by atoms with Crippen molar-refractivity contribution in [3.8, 4) is 0 Å². The third-order valence-corrected chi connectivity index (χ3v) is 4.17. The van der Waals surface area contributed by atoms with Gasteiger partial charge in [-0.15, -0.1) is 0 Å². The van der Waals surface area contributed by atoms with Crippen molar-refractivity contribution < 1.29 is 8.78 Å². The fraction of sp³-hybridized carbons (Fsp3) is 0.571. The highest BCUT2D eigenvalue weighted by atomic mass is 19.1. The van der Waals surface area contributed by atoms with E-state index in [-0.39, 0.29) is 0 Å². The lowest BCUT2D eigenvalue weighted by Crippen LogP contribution is -2.43. The van der Waals surface area contributed by atoms with Crippen LogP contribution in [0.2, 0.25) is 0 Å². The Morgan fingerprint density at radius 1 is 1.24 bits per heavy atom. The van der Waals surface area contributed by atoms with Gasteiger partial charge >= 0.3 is 0 Å². The first-order valence-corrected chi connectivity index (χ1v) is 6.17. The molecule has 1 aliphatic carbocycles. The lowest BCUT2D eigenvalue weighted by Gasteiger charge is -2.40. The van der Waals surface area contributed by atoms with Gasteiger partial charge in [-0.3, -0.25) is 0 Å². The van der Waals surface area contributed by atoms with E-state index in [1.807, 2.05) is 0 Å². The van der Waals surface area contributed by atoms with E-state index in [4.69, 9.17) is 5.73 Å². The minimum absolute atomic E-state index is 0.330. The molecule has 2 rings (SSSR count). The molecule has 1 saturated carbocycles. The van der Waals surface area contributed by atoms with Gasteiger partial charge in [0.1, 0.15) is 11.6 Å². The maximum absolute atomic E-state index is 13.8. The highest BCUT2D eigenvalue weighted by Crippen LogP contribution is 2.41. The van der Waals surface area contributed by atoms with Crippen LogP contribution in [-0.4, -0.2) is 0 Å². The lowest BCUT2D eigenvalue weighted by molar-refractivity contribution is 0.173. The topological polar surface area (TPSA) is 26.0 Å². The molecule has 0 aliphatic heterocycles. The fourth-order valence-electron chi connectivity index (χ4n) is 2.77. The van der Waals surface area contributed by atoms with Gasteiger partial charge in [-0.2, -0.15) is 0 Å². The molecule has 1 aromatic carbocycles. The summed E-state index contributed by atoms with van der Waals surface area (Å²) in [4.78, 5) is 0. The number of nitrogens with two attached hydrogens (primary N) is 1. The molecule has 0 bridgehead atoms. The SMILES string of the molecule is CC1CCC(N)(c2cc(F)ccc2F)CC1C. The molecule has 1 nitrogen and oxygen atoms in total. The number of hydrogen-bond acceptors (Lipinski definition) is 1. The second-order valence-electron chi connectivity index (χ2n) is 5.48. The zero-order valence-electron chi connectivity index (χ0n) is 10.3. The van der Waals surface area contributed by atoms with Crippen molar-refractivity contribution in [1.82, 2.24) is 0 Å². The van der Waals surface area contributed by atoms with Crippen LogP contribution in [0.3, 0.4) is 0 Å². The average molecular weight is 239 g/mol. The second-order valence-corrected chi connectivity index (χ2v) is 5.48. The Morgan fingerprint density at radius 2 is 1.94 bits per heavy atom. The van der Waals surface area contributed by atoms with E-state index in [2.05, 4.69) is 13.8 Å². The van der Waals surface area contributed by atoms with Crippen LogP contribution in [0, 0.1) is 23.5 Å². The van der Waals surface area contributed by atoms with Gasteiger partial charge in [0.15, 0.2) is 0 Å². The van der Waals surface area contributed by atoms with Gasteiger partial charge in [-0.25, -0.2) is 8.78 Å². The van der Waals surface area contributed by atoms with Crippen LogP contribution in [-0.2, 0) is 5.54 Å². The predicted molar refractivity (Wildman–Crippen MR) is 64.4 cm³/mol. The van der Waals surface area contributed by atoms with E-state index in [0.29, 0.717) is 23.8 Å². The summed E-state index contributed by atoms with van der Waals surface area (Å²) in [7, 11) is 0. The maximum Gasteiger partial charge on any atom is 0.128 e. The Bertz CT molecular complexity index is 419. The minimum Gasteiger partial charge on any atom is -0.321 e. The Kier molecular flexibility index (Phi) is 3.21. The van der Waals surface area contributed by atoms with E-state index in [1.54, 1.807) is 0 Å². The molecule has 1 aromatic rings. The largest absolute Gasteiger partial charge is 0.321 e. The molecule has 0 radical (unpaired) electrons. The van der Waals surface area contributed by atoms with Crippen molar-refractivity contribution in [2.75, 3.05) is 0 Å². The summed E-state index contributed by atoms with van der Waals surface area (Å²) >= 11 is 0. The van der Waals surface area contributed by atoms with Crippen LogP contribution >= 0.6 is 0 Å². The van der Waals surface area contributed by atoms with Crippen molar-refractivity contribution in [1.29, 1.82) is 0 Å². The molecule has 0 saturated heterocycles. The summed E-state index contributed by atoms with van der Waals surface area (Å²) in [5.74, 6) is 0.230. The zero-order chi connectivity index (χ0) is 12.6. The van der Waals surface area contributed by atoms with Crippen LogP contribution in [0.4, 0.5) is 8.78 Å². The van der Waals surface area contributed by atoms with Crippen LogP contribution in [0.5, 0.6) is 0 Å². The summed E-state index contributed by atoms with van der Waals surface area (Å²) in [5.41, 5.74) is 5.92. The summed E-state index contributed by atoms with van der Waals surface area (Å²) < 4.78 is 27.0. The third-order valence-electron chi connectivity index (χ3n) is 4.17. The van der Waals surface area contributed by atoms with E-state index in [1.165, 1.54) is 12.1 Å². The van der Waals surface area contributed by atoms with Crippen molar-refractivity contribution >= 4 is 0 Å². The van der Waals surface area contributed by atoms with Crippen molar-refractivity contribution in [2.24, 2.45) is 17.6 Å². The van der Waals surface area contributed by atoms with Gasteiger partial charge in [0, 0.05) is 11.1 Å². The standard InChI is InChI=1S/C14H19F2N/c1-9-5-6-14(17,8-10(9)2)12-7-11(15)3-4-13(12)16/h3-4,7,9-10H,5-6,8,17H2,1-2H3. The predicted octanol–water partition coefficient (Wildman–Crippen LogP) is 3.57. The smallest absolute Gasteiger partial charge is 0.128 e. The molecule has 3 atom stereocenters. The van der Waals surface area contributed by atoms with Crippen LogP contribution < -0.4 is 5.73 Å². The Hall–Kier alpha value is -0.960. The Balaban J connectivity index is 2.35. The van der Waals surface area contributed by atoms with E-state index < -0.39 is 17.2 Å². The highest BCUT2D eigenvalue weighted by molar-refractivity contribution is 5.27. The van der Waals surface area contributed by atoms with E-state index in [9.17, 15) is 8.78 Å². The van der Waals surface area contributed by atoms with Gasteiger partial charge < -0.3 is 5.73 Å². The molecular formula is C14H19F2N. The Labute approximate surface area is 101 Å². The molecule has 1 fully saturated rings. The maximum atomic E-state index is 13.8. The quantitative estimate of drug-likeness (QED) is 0.796. The minimum atomic E-state index is -0.710. The number of benzene rings is 1. The van der Waals surface area contributed by atoms with Crippen molar-refractivity contribution in [3.63, 3.8) is 0 Å². The molecule has 3 unspecified atom stereocenters. The molecule has 0 amide bonds. The van der Waals surface area contributed by atoms with E-state index in [0.717, 1.165) is 18.9 Å². The van der Waals surface area contributed by atoms with Gasteiger partial charge in [-0.05, 0) is 49.3 Å². The number of halogens is 2. The van der Waals surface area contributed by atoms with Gasteiger partial charge in [0.05, 0.1) is 0 Å². The summed E-state index contributed by atoms with van der Waals surface area (Å²) in [5, 5.41) is 0. The molecule has 2 N–H and O–H groups in total. The van der Waals surface area contributed by atoms with Gasteiger partial charge in [0.25, 0.3) is 0 Å². The summed E-state index contributed by atoms with van der Waals surface area (Å²) in [6.07, 6.45) is 2.40. The van der Waals surface area contributed by atoms with Crippen molar-refractivity contribution in [3.05, 3.63) is 35.4 Å². The first-order chi connectivity index (χ1) is 7.92. The molecule has 17 heavy (non-hydrogen) atoms. The fourth-order valence-corrected chi connectivity index (χ4v) is 2.77. The summed E-state index contributed by atoms with van der Waals surface area (Å²) in [6, 6.07) is 3.55. The molecule has 0 spiro atoms. The zero-order valence-corrected chi connectivity index (χ0v) is 10.3. The highest BCUT2D eigenvalue weighted by Gasteiger charge is 2.37. The first-order valence-electron chi connectivity index (χ1n) is 6.17. The Morgan fingerprint density at radius 3 is 2.59 bits per heavy atom. The first kappa shape index (κ1) is 12.5. The van der Waals surface area contributed by atoms with E-state index >= 15 is 0 Å². The molecule has 0 aromatic heterocycles. The lowest BCUT2D eigenvalue weighted by atomic mass is 9.69. The molecular weight excluding hydrogens is 220 g/mol. The molecule has 0 heterocycles. The summed E-state index contributed by atoms with van der Waals surface area (Å²) in [6.45, 7) is 4.31. The second kappa shape index (κ2) is 4.37. The number of rotatable bonds is 1. The van der Waals surface area contributed by atoms with Crippen LogP contribution in [0.1, 0.15) is 38.7 Å². The molecule has 1 aliphatic rings. The molecule has 3 heteroatoms. The monoisotopic (exact) mass is 239 g/mol. The van der Waals surface area contributed by atoms with Gasteiger partial charge in [0.2, 0.25) is 0 Å². The van der Waals surface area contributed by atoms with Crippen LogP contribution in [0.15, 0.2) is 18.2 Å². The molecule has 94 valence electrons. The normalized spacial score (nSPS) is 33.7. The average Bonchev–Trinajstić information content (AvgIpc) is 2.27. The third kappa shape index (κ3) is 2.34. The van der Waals surface area contributed by atoms with Crippen LogP contribution in [0.25, 0.3) is 0 Å².